The number of rotatable bonds is 9. The molecule has 0 aromatic heterocycles. The molecule has 0 radical (unpaired) electrons. The monoisotopic (exact) mass is 450 g/mol. The largest absolute Gasteiger partial charge is 0.347 e. The third-order valence-electron chi connectivity index (χ3n) is 6.07. The van der Waals surface area contributed by atoms with Crippen LogP contribution < -0.4 is 10.6 Å². The Bertz CT molecular complexity index is 899. The predicted octanol–water partition coefficient (Wildman–Crippen LogP) is 7.07. The van der Waals surface area contributed by atoms with Crippen molar-refractivity contribution >= 4 is 32.8 Å². The first-order valence-electron chi connectivity index (χ1n) is 11.0. The zero-order valence-electron chi connectivity index (χ0n) is 17.1. The van der Waals surface area contributed by atoms with E-state index in [1.165, 1.54) is 78.5 Å². The molecule has 152 valence electrons. The molecule has 0 spiro atoms. The second kappa shape index (κ2) is 9.77. The number of hydrogen-bond donors (Lipinski definition) is 1. The highest BCUT2D eigenvalue weighted by Crippen LogP contribution is 2.46. The van der Waals surface area contributed by atoms with Crippen LogP contribution in [0.25, 0.3) is 11.1 Å². The van der Waals surface area contributed by atoms with E-state index in [0.29, 0.717) is 0 Å². The summed E-state index contributed by atoms with van der Waals surface area (Å²) in [6.45, 7) is 1.07. The van der Waals surface area contributed by atoms with Crippen molar-refractivity contribution in [1.29, 1.82) is 0 Å². The zero-order valence-corrected chi connectivity index (χ0v) is 18.7. The molecule has 2 N–H and O–H groups in total. The molecule has 0 bridgehead atoms. The number of nitrogens with zero attached hydrogens (tertiary/aromatic N) is 1. The quantitative estimate of drug-likeness (QED) is 0.326. The van der Waals surface area contributed by atoms with E-state index >= 15 is 0 Å². The minimum absolute atomic E-state index is 0.0394. The fourth-order valence-electron chi connectivity index (χ4n) is 4.53. The first-order valence-corrected chi connectivity index (χ1v) is 12.1. The van der Waals surface area contributed by atoms with Gasteiger partial charge < -0.3 is 10.6 Å². The lowest BCUT2D eigenvalue weighted by Gasteiger charge is -2.35. The molecule has 1 aliphatic carbocycles. The molecule has 1 aliphatic heterocycles. The summed E-state index contributed by atoms with van der Waals surface area (Å²) >= 11 is 3.52. The summed E-state index contributed by atoms with van der Waals surface area (Å²) in [5.41, 5.74) is 14.2. The molecule has 2 aromatic carbocycles. The van der Waals surface area contributed by atoms with Crippen molar-refractivity contribution < 1.29 is 0 Å². The second-order valence-corrected chi connectivity index (χ2v) is 8.90. The van der Waals surface area contributed by atoms with E-state index in [-0.39, 0.29) is 6.04 Å². The Labute approximate surface area is 183 Å². The van der Waals surface area contributed by atoms with Crippen LogP contribution in [-0.4, -0.2) is 11.9 Å². The van der Waals surface area contributed by atoms with Gasteiger partial charge in [0.05, 0.1) is 0 Å². The topological polar surface area (TPSA) is 29.3 Å². The number of anilines is 1. The molecule has 2 aliphatic rings. The molecule has 3 heteroatoms. The van der Waals surface area contributed by atoms with Crippen LogP contribution in [0.5, 0.6) is 0 Å². The van der Waals surface area contributed by atoms with Crippen LogP contribution in [0, 0.1) is 0 Å². The summed E-state index contributed by atoms with van der Waals surface area (Å²) in [6.07, 6.45) is 13.9. The Morgan fingerprint density at radius 3 is 2.21 bits per heavy atom. The van der Waals surface area contributed by atoms with Crippen molar-refractivity contribution in [2.75, 3.05) is 16.8 Å². The summed E-state index contributed by atoms with van der Waals surface area (Å²) in [6, 6.07) is 17.3. The SMILES string of the molecule is NC1C=C2C(=CN(CCCCCCCCCBr)c3ccccc32)c2ccccc21. The minimum Gasteiger partial charge on any atom is -0.347 e. The molecule has 1 heterocycles. The van der Waals surface area contributed by atoms with Crippen LogP contribution >= 0.6 is 15.9 Å². The first kappa shape index (κ1) is 20.4. The predicted molar refractivity (Wildman–Crippen MR) is 129 cm³/mol. The number of halogens is 1. The highest BCUT2D eigenvalue weighted by Gasteiger charge is 2.28. The normalized spacial score (nSPS) is 17.2. The van der Waals surface area contributed by atoms with Gasteiger partial charge in [-0.3, -0.25) is 0 Å². The maximum absolute atomic E-state index is 6.48. The Balaban J connectivity index is 1.49. The van der Waals surface area contributed by atoms with Gasteiger partial charge in [0, 0.05) is 40.9 Å². The number of unbranched alkanes of at least 4 members (excludes halogenated alkanes) is 6. The average Bonchev–Trinajstić information content (AvgIpc) is 2.76. The van der Waals surface area contributed by atoms with E-state index in [0.717, 1.165) is 11.9 Å². The number of fused-ring (bicyclic) bond motifs is 5. The van der Waals surface area contributed by atoms with E-state index in [2.05, 4.69) is 81.6 Å². The highest BCUT2D eigenvalue weighted by atomic mass is 79.9. The smallest absolute Gasteiger partial charge is 0.0496 e. The minimum atomic E-state index is -0.0394. The zero-order chi connectivity index (χ0) is 20.1. The van der Waals surface area contributed by atoms with E-state index < -0.39 is 0 Å². The first-order chi connectivity index (χ1) is 14.3. The third kappa shape index (κ3) is 4.51. The summed E-state index contributed by atoms with van der Waals surface area (Å²) in [4.78, 5) is 2.46. The molecule has 29 heavy (non-hydrogen) atoms. The van der Waals surface area contributed by atoms with Crippen molar-refractivity contribution in [3.63, 3.8) is 0 Å². The van der Waals surface area contributed by atoms with Gasteiger partial charge >= 0.3 is 0 Å². The van der Waals surface area contributed by atoms with Crippen molar-refractivity contribution in [3.05, 3.63) is 77.5 Å². The summed E-state index contributed by atoms with van der Waals surface area (Å²) in [5, 5.41) is 1.14. The Kier molecular flexibility index (Phi) is 6.89. The molecule has 0 saturated heterocycles. The molecule has 0 saturated carbocycles. The average molecular weight is 451 g/mol. The Morgan fingerprint density at radius 2 is 1.41 bits per heavy atom. The van der Waals surface area contributed by atoms with Crippen molar-refractivity contribution in [3.8, 4) is 0 Å². The molecule has 2 nitrogen and oxygen atoms in total. The van der Waals surface area contributed by atoms with Gasteiger partial charge in [0.25, 0.3) is 0 Å². The number of allylic oxidation sites excluding steroid dienone is 2. The number of alkyl halides is 1. The van der Waals surface area contributed by atoms with Gasteiger partial charge in [-0.25, -0.2) is 0 Å². The molecule has 0 amide bonds. The molecule has 1 unspecified atom stereocenters. The van der Waals surface area contributed by atoms with Gasteiger partial charge in [0.15, 0.2) is 0 Å². The molecule has 4 rings (SSSR count). The van der Waals surface area contributed by atoms with Crippen LogP contribution in [0.2, 0.25) is 0 Å². The fourth-order valence-corrected chi connectivity index (χ4v) is 4.93. The van der Waals surface area contributed by atoms with Gasteiger partial charge in [-0.05, 0) is 35.6 Å². The fraction of sp³-hybridized carbons (Fsp3) is 0.385. The maximum atomic E-state index is 6.48. The van der Waals surface area contributed by atoms with E-state index in [4.69, 9.17) is 5.73 Å². The van der Waals surface area contributed by atoms with Crippen LogP contribution in [0.1, 0.15) is 67.7 Å². The molecule has 1 atom stereocenters. The van der Waals surface area contributed by atoms with Crippen molar-refractivity contribution in [1.82, 2.24) is 0 Å². The lowest BCUT2D eigenvalue weighted by molar-refractivity contribution is 0.592. The van der Waals surface area contributed by atoms with Crippen molar-refractivity contribution in [2.24, 2.45) is 5.73 Å². The highest BCUT2D eigenvalue weighted by molar-refractivity contribution is 9.09. The molecular weight excluding hydrogens is 420 g/mol. The number of benzene rings is 2. The summed E-state index contributed by atoms with van der Waals surface area (Å²) in [5.74, 6) is 0. The standard InChI is InChI=1S/C26H31BrN2/c27-16-10-4-2-1-3-5-11-17-29-19-24-20-12-6-7-13-21(20)25(28)18-23(24)22-14-8-9-15-26(22)29/h6-9,12-15,18-19,25H,1-5,10-11,16-17,28H2. The van der Waals surface area contributed by atoms with Gasteiger partial charge in [-0.15, -0.1) is 0 Å². The van der Waals surface area contributed by atoms with Crippen LogP contribution in [-0.2, 0) is 0 Å². The van der Waals surface area contributed by atoms with Gasteiger partial charge in [0.1, 0.15) is 0 Å². The van der Waals surface area contributed by atoms with E-state index in [1.54, 1.807) is 0 Å². The Morgan fingerprint density at radius 1 is 0.759 bits per heavy atom. The number of para-hydroxylation sites is 1. The van der Waals surface area contributed by atoms with E-state index in [9.17, 15) is 0 Å². The molecule has 0 fully saturated rings. The lowest BCUT2D eigenvalue weighted by atomic mass is 9.80. The lowest BCUT2D eigenvalue weighted by Crippen LogP contribution is -2.25. The van der Waals surface area contributed by atoms with Crippen LogP contribution in [0.4, 0.5) is 5.69 Å². The van der Waals surface area contributed by atoms with E-state index in [1.807, 2.05) is 0 Å². The second-order valence-electron chi connectivity index (χ2n) is 8.11. The molecular formula is C26H31BrN2. The van der Waals surface area contributed by atoms with Crippen molar-refractivity contribution in [2.45, 2.75) is 51.0 Å². The maximum Gasteiger partial charge on any atom is 0.0496 e. The third-order valence-corrected chi connectivity index (χ3v) is 6.63. The summed E-state index contributed by atoms with van der Waals surface area (Å²) < 4.78 is 0. The van der Waals surface area contributed by atoms with Gasteiger partial charge in [0.2, 0.25) is 0 Å². The molecule has 2 aromatic rings. The van der Waals surface area contributed by atoms with Crippen LogP contribution in [0.15, 0.2) is 60.8 Å². The summed E-state index contributed by atoms with van der Waals surface area (Å²) in [7, 11) is 0. The van der Waals surface area contributed by atoms with Crippen LogP contribution in [0.3, 0.4) is 0 Å². The number of hydrogen-bond acceptors (Lipinski definition) is 2. The van der Waals surface area contributed by atoms with Gasteiger partial charge in [-0.2, -0.15) is 0 Å². The number of nitrogens with two attached hydrogens (primary N) is 1. The Hall–Kier alpha value is -1.84. The van der Waals surface area contributed by atoms with Gasteiger partial charge in [-0.1, -0.05) is 96.6 Å².